The van der Waals surface area contributed by atoms with Crippen molar-refractivity contribution < 1.29 is 4.79 Å². The summed E-state index contributed by atoms with van der Waals surface area (Å²) in [5.74, 6) is 0.998. The molecule has 0 radical (unpaired) electrons. The highest BCUT2D eigenvalue weighted by molar-refractivity contribution is 5.75. The lowest BCUT2D eigenvalue weighted by Crippen LogP contribution is -2.43. The third-order valence-corrected chi connectivity index (χ3v) is 4.43. The largest absolute Gasteiger partial charge is 0.349 e. The predicted octanol–water partition coefficient (Wildman–Crippen LogP) is 0.975. The maximum atomic E-state index is 11.5. The van der Waals surface area contributed by atoms with E-state index in [0.717, 1.165) is 18.5 Å². The predicted molar refractivity (Wildman–Crippen MR) is 73.5 cm³/mol. The number of rotatable bonds is 5. The highest BCUT2D eigenvalue weighted by Crippen LogP contribution is 2.31. The summed E-state index contributed by atoms with van der Waals surface area (Å²) >= 11 is 0. The number of nitrogens with zero attached hydrogens (tertiary/aromatic N) is 1. The van der Waals surface area contributed by atoms with E-state index >= 15 is 0 Å². The molecule has 1 heterocycles. The molecule has 1 aliphatic carbocycles. The van der Waals surface area contributed by atoms with E-state index < -0.39 is 0 Å². The van der Waals surface area contributed by atoms with Crippen LogP contribution in [0.3, 0.4) is 0 Å². The average molecular weight is 253 g/mol. The van der Waals surface area contributed by atoms with Crippen LogP contribution in [-0.4, -0.2) is 50.1 Å². The molecule has 1 amide bonds. The first-order chi connectivity index (χ1) is 8.68. The van der Waals surface area contributed by atoms with E-state index in [1.165, 1.54) is 38.6 Å². The van der Waals surface area contributed by atoms with Crippen molar-refractivity contribution in [1.82, 2.24) is 15.5 Å². The molecule has 2 N–H and O–H groups in total. The topological polar surface area (TPSA) is 44.4 Å². The van der Waals surface area contributed by atoms with Gasteiger partial charge in [-0.25, -0.2) is 0 Å². The van der Waals surface area contributed by atoms with E-state index in [0.29, 0.717) is 12.5 Å². The van der Waals surface area contributed by atoms with Crippen LogP contribution in [-0.2, 0) is 4.79 Å². The normalized spacial score (nSPS) is 31.8. The van der Waals surface area contributed by atoms with Crippen LogP contribution in [0.15, 0.2) is 0 Å². The number of nitrogens with one attached hydrogen (secondary N) is 2. The quantitative estimate of drug-likeness (QED) is 0.767. The fourth-order valence-corrected chi connectivity index (χ4v) is 3.39. The second-order valence-electron chi connectivity index (χ2n) is 5.90. The fraction of sp³-hybridized carbons (Fsp3) is 0.929. The molecule has 0 spiro atoms. The Bertz CT molecular complexity index is 274. The second kappa shape index (κ2) is 6.53. The summed E-state index contributed by atoms with van der Waals surface area (Å²) in [5, 5.41) is 7.24. The summed E-state index contributed by atoms with van der Waals surface area (Å²) in [6.45, 7) is 2.01. The van der Waals surface area contributed by atoms with Crippen molar-refractivity contribution in [2.75, 3.05) is 27.2 Å². The van der Waals surface area contributed by atoms with Gasteiger partial charge in [-0.2, -0.15) is 0 Å². The van der Waals surface area contributed by atoms with Crippen LogP contribution in [0.1, 0.15) is 38.5 Å². The first-order valence-corrected chi connectivity index (χ1v) is 7.35. The SMILES string of the molecule is CN(C)C(=O)CCNC1CCCC1C1CCCN1. The highest BCUT2D eigenvalue weighted by atomic mass is 16.2. The van der Waals surface area contributed by atoms with Gasteiger partial charge in [0.1, 0.15) is 0 Å². The summed E-state index contributed by atoms with van der Waals surface area (Å²) in [6, 6.07) is 1.34. The van der Waals surface area contributed by atoms with Crippen LogP contribution in [0.25, 0.3) is 0 Å². The fourth-order valence-electron chi connectivity index (χ4n) is 3.39. The summed E-state index contributed by atoms with van der Waals surface area (Å²) in [6.07, 6.45) is 7.24. The number of hydrogen-bond donors (Lipinski definition) is 2. The third-order valence-electron chi connectivity index (χ3n) is 4.43. The lowest BCUT2D eigenvalue weighted by molar-refractivity contribution is -0.128. The first kappa shape index (κ1) is 13.8. The van der Waals surface area contributed by atoms with Crippen LogP contribution in [0, 0.1) is 5.92 Å². The van der Waals surface area contributed by atoms with Crippen LogP contribution >= 0.6 is 0 Å². The van der Waals surface area contributed by atoms with E-state index in [9.17, 15) is 4.79 Å². The number of hydrogen-bond acceptors (Lipinski definition) is 3. The van der Waals surface area contributed by atoms with Crippen LogP contribution in [0.4, 0.5) is 0 Å². The zero-order valence-corrected chi connectivity index (χ0v) is 11.7. The number of carbonyl (C=O) groups is 1. The molecule has 0 bridgehead atoms. The van der Waals surface area contributed by atoms with Gasteiger partial charge in [-0.05, 0) is 38.1 Å². The highest BCUT2D eigenvalue weighted by Gasteiger charge is 2.34. The Morgan fingerprint density at radius 1 is 1.28 bits per heavy atom. The Morgan fingerprint density at radius 3 is 2.78 bits per heavy atom. The van der Waals surface area contributed by atoms with Gasteiger partial charge < -0.3 is 15.5 Å². The minimum atomic E-state index is 0.219. The molecule has 104 valence electrons. The average Bonchev–Trinajstić information content (AvgIpc) is 2.98. The van der Waals surface area contributed by atoms with E-state index in [4.69, 9.17) is 0 Å². The Kier molecular flexibility index (Phi) is 5.01. The second-order valence-corrected chi connectivity index (χ2v) is 5.90. The molecule has 2 fully saturated rings. The van der Waals surface area contributed by atoms with Gasteiger partial charge in [0.25, 0.3) is 0 Å². The van der Waals surface area contributed by atoms with E-state index in [1.54, 1.807) is 4.90 Å². The van der Waals surface area contributed by atoms with Gasteiger partial charge in [0, 0.05) is 39.1 Å². The van der Waals surface area contributed by atoms with Crippen molar-refractivity contribution >= 4 is 5.91 Å². The molecule has 0 aromatic heterocycles. The molecule has 3 unspecified atom stereocenters. The van der Waals surface area contributed by atoms with Crippen molar-refractivity contribution in [3.05, 3.63) is 0 Å². The minimum absolute atomic E-state index is 0.219. The van der Waals surface area contributed by atoms with Gasteiger partial charge in [0.2, 0.25) is 5.91 Å². The molecule has 0 aromatic carbocycles. The van der Waals surface area contributed by atoms with E-state index in [-0.39, 0.29) is 5.91 Å². The zero-order chi connectivity index (χ0) is 13.0. The van der Waals surface area contributed by atoms with Crippen LogP contribution in [0.5, 0.6) is 0 Å². The lowest BCUT2D eigenvalue weighted by Gasteiger charge is -2.26. The van der Waals surface area contributed by atoms with Gasteiger partial charge in [0.15, 0.2) is 0 Å². The molecule has 1 saturated heterocycles. The van der Waals surface area contributed by atoms with Crippen LogP contribution < -0.4 is 10.6 Å². The van der Waals surface area contributed by atoms with E-state index in [1.807, 2.05) is 14.1 Å². The Labute approximate surface area is 110 Å². The third kappa shape index (κ3) is 3.45. The summed E-state index contributed by atoms with van der Waals surface area (Å²) in [7, 11) is 3.65. The first-order valence-electron chi connectivity index (χ1n) is 7.35. The molecule has 0 aromatic rings. The maximum absolute atomic E-state index is 11.5. The summed E-state index contributed by atoms with van der Waals surface area (Å²) < 4.78 is 0. The van der Waals surface area contributed by atoms with Gasteiger partial charge in [-0.3, -0.25) is 4.79 Å². The monoisotopic (exact) mass is 253 g/mol. The molecule has 2 aliphatic rings. The van der Waals surface area contributed by atoms with Gasteiger partial charge in [-0.15, -0.1) is 0 Å². The molecule has 2 rings (SSSR count). The molecule has 3 atom stereocenters. The van der Waals surface area contributed by atoms with Crippen LogP contribution in [0.2, 0.25) is 0 Å². The minimum Gasteiger partial charge on any atom is -0.349 e. The Morgan fingerprint density at radius 2 is 2.11 bits per heavy atom. The summed E-state index contributed by atoms with van der Waals surface area (Å²) in [4.78, 5) is 13.2. The van der Waals surface area contributed by atoms with Crippen molar-refractivity contribution in [2.45, 2.75) is 50.6 Å². The van der Waals surface area contributed by atoms with E-state index in [2.05, 4.69) is 10.6 Å². The molecule has 1 aliphatic heterocycles. The Balaban J connectivity index is 1.72. The van der Waals surface area contributed by atoms with Gasteiger partial charge in [-0.1, -0.05) is 6.42 Å². The number of amides is 1. The van der Waals surface area contributed by atoms with Gasteiger partial charge >= 0.3 is 0 Å². The molecular formula is C14H27N3O. The maximum Gasteiger partial charge on any atom is 0.223 e. The van der Waals surface area contributed by atoms with Crippen molar-refractivity contribution in [3.63, 3.8) is 0 Å². The lowest BCUT2D eigenvalue weighted by atomic mass is 9.93. The van der Waals surface area contributed by atoms with Crippen molar-refractivity contribution in [3.8, 4) is 0 Å². The smallest absolute Gasteiger partial charge is 0.223 e. The van der Waals surface area contributed by atoms with Crippen molar-refractivity contribution in [1.29, 1.82) is 0 Å². The number of carbonyl (C=O) groups excluding carboxylic acids is 1. The summed E-state index contributed by atoms with van der Waals surface area (Å²) in [5.41, 5.74) is 0. The molecular weight excluding hydrogens is 226 g/mol. The molecule has 4 nitrogen and oxygen atoms in total. The zero-order valence-electron chi connectivity index (χ0n) is 11.7. The van der Waals surface area contributed by atoms with Crippen molar-refractivity contribution in [2.24, 2.45) is 5.92 Å². The molecule has 18 heavy (non-hydrogen) atoms. The molecule has 4 heteroatoms. The molecule has 1 saturated carbocycles. The van der Waals surface area contributed by atoms with Gasteiger partial charge in [0.05, 0.1) is 0 Å². The Hall–Kier alpha value is -0.610. The standard InChI is InChI=1S/C14H27N3O/c1-17(2)14(18)8-10-16-12-6-3-5-11(12)13-7-4-9-15-13/h11-13,15-16H,3-10H2,1-2H3.